The molecule has 326 valence electrons. The molecule has 0 radical (unpaired) electrons. The van der Waals surface area contributed by atoms with Crippen LogP contribution in [0, 0.1) is 0 Å². The van der Waals surface area contributed by atoms with Crippen molar-refractivity contribution in [3.63, 3.8) is 0 Å². The second-order valence-electron chi connectivity index (χ2n) is 16.0. The van der Waals surface area contributed by atoms with Crippen LogP contribution in [0.15, 0.2) is 36.5 Å². The molecule has 1 atom stereocenters. The Hall–Kier alpha value is -2.37. The summed E-state index contributed by atoms with van der Waals surface area (Å²) in [6.07, 6.45) is 51.8. The largest absolute Gasteiger partial charge is 0.462 e. The summed E-state index contributed by atoms with van der Waals surface area (Å²) >= 11 is 0. The van der Waals surface area contributed by atoms with Gasteiger partial charge in [0.1, 0.15) is 13.2 Å². The standard InChI is InChI=1S/C50H90O6/c1-4-7-10-13-15-17-18-19-20-21-22-23-24-25-26-27-28-29-30-31-32-33-35-37-40-43-49(52)55-46-47(45-54-48(51)42-39-36-12-9-6-3)56-50(53)44-41-38-34-16-14-11-8-5-2/h18-19,21-22,24-25,47H,4-17,20,23,26-46H2,1-3H3/b19-18-,22-21-,25-24-. The van der Waals surface area contributed by atoms with Crippen LogP contribution >= 0.6 is 0 Å². The maximum Gasteiger partial charge on any atom is 0.306 e. The summed E-state index contributed by atoms with van der Waals surface area (Å²) < 4.78 is 16.6. The first-order valence-electron chi connectivity index (χ1n) is 24.0. The Morgan fingerprint density at radius 1 is 0.357 bits per heavy atom. The topological polar surface area (TPSA) is 78.9 Å². The van der Waals surface area contributed by atoms with Crippen molar-refractivity contribution in [2.75, 3.05) is 13.2 Å². The molecule has 1 unspecified atom stereocenters. The third kappa shape index (κ3) is 42.8. The van der Waals surface area contributed by atoms with Crippen molar-refractivity contribution in [3.8, 4) is 0 Å². The SMILES string of the molecule is CCCCCCC/C=C\C/C=C\C/C=C\CCCCCCCCCCCCC(=O)OCC(COC(=O)CCCCCCC)OC(=O)CCCCCCCCCC. The third-order valence-corrected chi connectivity index (χ3v) is 10.4. The van der Waals surface area contributed by atoms with Gasteiger partial charge in [-0.1, -0.05) is 205 Å². The summed E-state index contributed by atoms with van der Waals surface area (Å²) in [4.78, 5) is 37.4. The van der Waals surface area contributed by atoms with Crippen molar-refractivity contribution < 1.29 is 28.6 Å². The Labute approximate surface area is 346 Å². The zero-order chi connectivity index (χ0) is 40.8. The Bertz CT molecular complexity index is 953. The normalized spacial score (nSPS) is 12.3. The first-order chi connectivity index (χ1) is 27.5. The number of ether oxygens (including phenoxy) is 3. The summed E-state index contributed by atoms with van der Waals surface area (Å²) in [5, 5.41) is 0. The number of hydrogen-bond acceptors (Lipinski definition) is 6. The third-order valence-electron chi connectivity index (χ3n) is 10.4. The first kappa shape index (κ1) is 53.6. The number of unbranched alkanes of at least 4 members (excludes halogenated alkanes) is 26. The second-order valence-corrected chi connectivity index (χ2v) is 16.0. The fraction of sp³-hybridized carbons (Fsp3) is 0.820. The van der Waals surface area contributed by atoms with Crippen molar-refractivity contribution in [2.24, 2.45) is 0 Å². The molecule has 0 aliphatic heterocycles. The Kier molecular flexibility index (Phi) is 43.4. The predicted molar refractivity (Wildman–Crippen MR) is 238 cm³/mol. The van der Waals surface area contributed by atoms with E-state index >= 15 is 0 Å². The zero-order valence-corrected chi connectivity index (χ0v) is 37.2. The van der Waals surface area contributed by atoms with E-state index in [1.807, 2.05) is 0 Å². The molecule has 0 amide bonds. The van der Waals surface area contributed by atoms with Gasteiger partial charge in [0.2, 0.25) is 0 Å². The van der Waals surface area contributed by atoms with E-state index in [9.17, 15) is 14.4 Å². The van der Waals surface area contributed by atoms with Crippen LogP contribution < -0.4 is 0 Å². The van der Waals surface area contributed by atoms with Crippen molar-refractivity contribution in [1.82, 2.24) is 0 Å². The van der Waals surface area contributed by atoms with Crippen LogP contribution in [0.25, 0.3) is 0 Å². The molecule has 0 saturated heterocycles. The fourth-order valence-corrected chi connectivity index (χ4v) is 6.74. The van der Waals surface area contributed by atoms with Gasteiger partial charge in [-0.25, -0.2) is 0 Å². The number of esters is 3. The highest BCUT2D eigenvalue weighted by atomic mass is 16.6. The highest BCUT2D eigenvalue weighted by Crippen LogP contribution is 2.14. The molecule has 0 aromatic heterocycles. The average Bonchev–Trinajstić information content (AvgIpc) is 3.19. The highest BCUT2D eigenvalue weighted by Gasteiger charge is 2.19. The first-order valence-corrected chi connectivity index (χ1v) is 24.0. The predicted octanol–water partition coefficient (Wildman–Crippen LogP) is 15.4. The lowest BCUT2D eigenvalue weighted by atomic mass is 10.1. The minimum atomic E-state index is -0.763. The molecule has 0 aliphatic carbocycles. The molecule has 0 aromatic carbocycles. The van der Waals surface area contributed by atoms with Gasteiger partial charge in [-0.2, -0.15) is 0 Å². The maximum atomic E-state index is 12.6. The molecule has 0 heterocycles. The van der Waals surface area contributed by atoms with Crippen molar-refractivity contribution >= 4 is 17.9 Å². The van der Waals surface area contributed by atoms with Gasteiger partial charge in [-0.05, 0) is 57.8 Å². The maximum absolute atomic E-state index is 12.6. The van der Waals surface area contributed by atoms with Crippen LogP contribution in [0.2, 0.25) is 0 Å². The Balaban J connectivity index is 4.00. The van der Waals surface area contributed by atoms with Gasteiger partial charge in [-0.15, -0.1) is 0 Å². The van der Waals surface area contributed by atoms with Crippen LogP contribution in [0.3, 0.4) is 0 Å². The molecule has 0 saturated carbocycles. The number of carbonyl (C=O) groups excluding carboxylic acids is 3. The van der Waals surface area contributed by atoms with Crippen LogP contribution in [-0.4, -0.2) is 37.2 Å². The Morgan fingerprint density at radius 2 is 0.643 bits per heavy atom. The van der Waals surface area contributed by atoms with E-state index in [0.29, 0.717) is 19.3 Å². The van der Waals surface area contributed by atoms with E-state index < -0.39 is 6.10 Å². The van der Waals surface area contributed by atoms with E-state index in [4.69, 9.17) is 14.2 Å². The van der Waals surface area contributed by atoms with Gasteiger partial charge in [0.15, 0.2) is 6.10 Å². The molecular weight excluding hydrogens is 697 g/mol. The molecule has 0 fully saturated rings. The fourth-order valence-electron chi connectivity index (χ4n) is 6.74. The highest BCUT2D eigenvalue weighted by molar-refractivity contribution is 5.71. The zero-order valence-electron chi connectivity index (χ0n) is 37.2. The van der Waals surface area contributed by atoms with E-state index in [0.717, 1.165) is 77.0 Å². The molecule has 0 N–H and O–H groups in total. The summed E-state index contributed by atoms with van der Waals surface area (Å²) in [6, 6.07) is 0. The summed E-state index contributed by atoms with van der Waals surface area (Å²) in [7, 11) is 0. The van der Waals surface area contributed by atoms with Gasteiger partial charge >= 0.3 is 17.9 Å². The molecule has 0 bridgehead atoms. The summed E-state index contributed by atoms with van der Waals surface area (Å²) in [6.45, 7) is 6.51. The molecule has 6 heteroatoms. The lowest BCUT2D eigenvalue weighted by Gasteiger charge is -2.18. The lowest BCUT2D eigenvalue weighted by Crippen LogP contribution is -2.30. The van der Waals surface area contributed by atoms with E-state index in [1.54, 1.807) is 0 Å². The van der Waals surface area contributed by atoms with E-state index in [1.165, 1.54) is 128 Å². The molecule has 0 rings (SSSR count). The van der Waals surface area contributed by atoms with Gasteiger partial charge < -0.3 is 14.2 Å². The number of hydrogen-bond donors (Lipinski definition) is 0. The smallest absolute Gasteiger partial charge is 0.306 e. The van der Waals surface area contributed by atoms with Crippen LogP contribution in [-0.2, 0) is 28.6 Å². The summed E-state index contributed by atoms with van der Waals surface area (Å²) in [5.74, 6) is -0.892. The number of allylic oxidation sites excluding steroid dienone is 6. The molecule has 0 spiro atoms. The van der Waals surface area contributed by atoms with Crippen LogP contribution in [0.4, 0.5) is 0 Å². The molecular formula is C50H90O6. The van der Waals surface area contributed by atoms with Gasteiger partial charge in [0.05, 0.1) is 0 Å². The monoisotopic (exact) mass is 787 g/mol. The van der Waals surface area contributed by atoms with Gasteiger partial charge in [0, 0.05) is 19.3 Å². The Morgan fingerprint density at radius 3 is 1.00 bits per heavy atom. The summed E-state index contributed by atoms with van der Waals surface area (Å²) in [5.41, 5.74) is 0. The van der Waals surface area contributed by atoms with E-state index in [2.05, 4.69) is 57.2 Å². The van der Waals surface area contributed by atoms with Crippen molar-refractivity contribution in [3.05, 3.63) is 36.5 Å². The number of rotatable bonds is 43. The second kappa shape index (κ2) is 45.3. The lowest BCUT2D eigenvalue weighted by molar-refractivity contribution is -0.167. The minimum Gasteiger partial charge on any atom is -0.462 e. The van der Waals surface area contributed by atoms with Crippen molar-refractivity contribution in [2.45, 2.75) is 252 Å². The van der Waals surface area contributed by atoms with E-state index in [-0.39, 0.29) is 31.1 Å². The average molecular weight is 787 g/mol. The molecule has 56 heavy (non-hydrogen) atoms. The molecule has 0 aliphatic rings. The minimum absolute atomic E-state index is 0.0725. The molecule has 0 aromatic rings. The van der Waals surface area contributed by atoms with Gasteiger partial charge in [0.25, 0.3) is 0 Å². The number of carbonyl (C=O) groups is 3. The quantitative estimate of drug-likeness (QED) is 0.0265. The van der Waals surface area contributed by atoms with Crippen molar-refractivity contribution in [1.29, 1.82) is 0 Å². The molecule has 6 nitrogen and oxygen atoms in total. The van der Waals surface area contributed by atoms with Crippen LogP contribution in [0.5, 0.6) is 0 Å². The van der Waals surface area contributed by atoms with Crippen LogP contribution in [0.1, 0.15) is 245 Å². The van der Waals surface area contributed by atoms with Gasteiger partial charge in [-0.3, -0.25) is 14.4 Å².